The number of carbonyl (C=O) groups is 1. The highest BCUT2D eigenvalue weighted by atomic mass is 16.3. The molecule has 0 aliphatic rings. The molecular weight excluding hydrogens is 240 g/mol. The third kappa shape index (κ3) is 3.25. The van der Waals surface area contributed by atoms with E-state index in [1.165, 1.54) is 0 Å². The molecule has 2 aromatic carbocycles. The van der Waals surface area contributed by atoms with Gasteiger partial charge >= 0.3 is 0 Å². The lowest BCUT2D eigenvalue weighted by atomic mass is 10.1. The van der Waals surface area contributed by atoms with Gasteiger partial charge in [0.25, 0.3) is 5.91 Å². The van der Waals surface area contributed by atoms with E-state index in [0.717, 1.165) is 11.1 Å². The maximum atomic E-state index is 11.9. The van der Waals surface area contributed by atoms with E-state index < -0.39 is 0 Å². The Kier molecular flexibility index (Phi) is 3.71. The Balaban J connectivity index is 2.01. The third-order valence-electron chi connectivity index (χ3n) is 2.92. The standard InChI is InChI=1S/C15H16N2O2/c1-10-8-12(4-7-14(10)16)15(19)17-9-11-2-5-13(18)6-3-11/h2-8,18H,9,16H2,1H3,(H,17,19). The van der Waals surface area contributed by atoms with Crippen LogP contribution in [0.5, 0.6) is 5.75 Å². The molecule has 4 heteroatoms. The summed E-state index contributed by atoms with van der Waals surface area (Å²) in [5.41, 5.74) is 8.79. The molecule has 0 bridgehead atoms. The summed E-state index contributed by atoms with van der Waals surface area (Å²) >= 11 is 0. The number of nitrogens with one attached hydrogen (secondary N) is 1. The van der Waals surface area contributed by atoms with E-state index in [2.05, 4.69) is 5.32 Å². The monoisotopic (exact) mass is 256 g/mol. The summed E-state index contributed by atoms with van der Waals surface area (Å²) in [7, 11) is 0. The van der Waals surface area contributed by atoms with Crippen molar-refractivity contribution in [3.05, 3.63) is 59.2 Å². The molecule has 0 aliphatic heterocycles. The quantitative estimate of drug-likeness (QED) is 0.737. The van der Waals surface area contributed by atoms with Crippen LogP contribution in [0.2, 0.25) is 0 Å². The Morgan fingerprint density at radius 1 is 1.21 bits per heavy atom. The van der Waals surface area contributed by atoms with Crippen LogP contribution >= 0.6 is 0 Å². The number of nitrogens with two attached hydrogens (primary N) is 1. The molecule has 0 aliphatic carbocycles. The van der Waals surface area contributed by atoms with Crippen molar-refractivity contribution in [3.63, 3.8) is 0 Å². The molecule has 0 aromatic heterocycles. The number of anilines is 1. The number of phenols is 1. The Bertz CT molecular complexity index is 592. The van der Waals surface area contributed by atoms with Crippen molar-refractivity contribution in [2.75, 3.05) is 5.73 Å². The minimum absolute atomic E-state index is 0.142. The van der Waals surface area contributed by atoms with Crippen LogP contribution in [0.1, 0.15) is 21.5 Å². The lowest BCUT2D eigenvalue weighted by Gasteiger charge is -2.07. The smallest absolute Gasteiger partial charge is 0.251 e. The molecule has 2 aromatic rings. The van der Waals surface area contributed by atoms with Crippen molar-refractivity contribution < 1.29 is 9.90 Å². The zero-order valence-corrected chi connectivity index (χ0v) is 10.7. The summed E-state index contributed by atoms with van der Waals surface area (Å²) in [5.74, 6) is 0.0698. The minimum Gasteiger partial charge on any atom is -0.508 e. The van der Waals surface area contributed by atoms with Crippen molar-refractivity contribution in [1.29, 1.82) is 0 Å². The predicted octanol–water partition coefficient (Wildman–Crippen LogP) is 2.21. The normalized spacial score (nSPS) is 10.2. The first kappa shape index (κ1) is 13.0. The second-order valence-corrected chi connectivity index (χ2v) is 4.42. The minimum atomic E-state index is -0.142. The number of phenolic OH excluding ortho intramolecular Hbond substituents is 1. The lowest BCUT2D eigenvalue weighted by Crippen LogP contribution is -2.22. The van der Waals surface area contributed by atoms with Crippen molar-refractivity contribution in [1.82, 2.24) is 5.32 Å². The van der Waals surface area contributed by atoms with Gasteiger partial charge in [-0.1, -0.05) is 12.1 Å². The Hall–Kier alpha value is -2.49. The lowest BCUT2D eigenvalue weighted by molar-refractivity contribution is 0.0951. The van der Waals surface area contributed by atoms with Crippen molar-refractivity contribution in [2.24, 2.45) is 0 Å². The van der Waals surface area contributed by atoms with Crippen LogP contribution in [0.3, 0.4) is 0 Å². The average Bonchev–Trinajstić information content (AvgIpc) is 2.41. The summed E-state index contributed by atoms with van der Waals surface area (Å²) in [6.07, 6.45) is 0. The molecule has 0 spiro atoms. The SMILES string of the molecule is Cc1cc(C(=O)NCc2ccc(O)cc2)ccc1N. The number of benzene rings is 2. The van der Waals surface area contributed by atoms with Gasteiger partial charge in [-0.3, -0.25) is 4.79 Å². The van der Waals surface area contributed by atoms with Gasteiger partial charge in [-0.15, -0.1) is 0 Å². The van der Waals surface area contributed by atoms with Crippen molar-refractivity contribution >= 4 is 11.6 Å². The number of rotatable bonds is 3. The zero-order chi connectivity index (χ0) is 13.8. The van der Waals surface area contributed by atoms with Gasteiger partial charge in [-0.05, 0) is 48.4 Å². The number of amides is 1. The van der Waals surface area contributed by atoms with Crippen LogP contribution in [-0.2, 0) is 6.54 Å². The summed E-state index contributed by atoms with van der Waals surface area (Å²) in [4.78, 5) is 11.9. The van der Waals surface area contributed by atoms with Crippen LogP contribution in [-0.4, -0.2) is 11.0 Å². The van der Waals surface area contributed by atoms with Gasteiger partial charge in [0.1, 0.15) is 5.75 Å². The zero-order valence-electron chi connectivity index (χ0n) is 10.7. The molecule has 4 nitrogen and oxygen atoms in total. The number of nitrogen functional groups attached to an aromatic ring is 1. The first-order valence-corrected chi connectivity index (χ1v) is 5.98. The first-order valence-electron chi connectivity index (χ1n) is 5.98. The number of aromatic hydroxyl groups is 1. The van der Waals surface area contributed by atoms with E-state index >= 15 is 0 Å². The molecule has 4 N–H and O–H groups in total. The van der Waals surface area contributed by atoms with Gasteiger partial charge in [0.2, 0.25) is 0 Å². The van der Waals surface area contributed by atoms with Gasteiger partial charge in [-0.25, -0.2) is 0 Å². The van der Waals surface area contributed by atoms with Gasteiger partial charge in [0.05, 0.1) is 0 Å². The highest BCUT2D eigenvalue weighted by Crippen LogP contribution is 2.13. The van der Waals surface area contributed by atoms with Crippen LogP contribution in [0, 0.1) is 6.92 Å². The highest BCUT2D eigenvalue weighted by molar-refractivity contribution is 5.94. The molecule has 0 radical (unpaired) electrons. The van der Waals surface area contributed by atoms with Crippen LogP contribution in [0.4, 0.5) is 5.69 Å². The predicted molar refractivity (Wildman–Crippen MR) is 74.9 cm³/mol. The Morgan fingerprint density at radius 3 is 2.53 bits per heavy atom. The first-order chi connectivity index (χ1) is 9.06. The molecule has 0 saturated carbocycles. The Labute approximate surface area is 111 Å². The molecule has 1 amide bonds. The fourth-order valence-corrected chi connectivity index (χ4v) is 1.72. The average molecular weight is 256 g/mol. The second kappa shape index (κ2) is 5.44. The molecular formula is C15H16N2O2. The molecule has 0 saturated heterocycles. The highest BCUT2D eigenvalue weighted by Gasteiger charge is 2.06. The fourth-order valence-electron chi connectivity index (χ4n) is 1.72. The van der Waals surface area contributed by atoms with Crippen LogP contribution in [0.15, 0.2) is 42.5 Å². The Morgan fingerprint density at radius 2 is 1.89 bits per heavy atom. The molecule has 98 valence electrons. The third-order valence-corrected chi connectivity index (χ3v) is 2.92. The molecule has 2 rings (SSSR count). The van der Waals surface area contributed by atoms with E-state index in [4.69, 9.17) is 10.8 Å². The molecule has 0 atom stereocenters. The maximum absolute atomic E-state index is 11.9. The topological polar surface area (TPSA) is 75.3 Å². The fraction of sp³-hybridized carbons (Fsp3) is 0.133. The van der Waals surface area contributed by atoms with E-state index in [1.807, 2.05) is 6.92 Å². The number of hydrogen-bond acceptors (Lipinski definition) is 3. The van der Waals surface area contributed by atoms with E-state index in [1.54, 1.807) is 42.5 Å². The van der Waals surface area contributed by atoms with E-state index in [9.17, 15) is 4.79 Å². The summed E-state index contributed by atoms with van der Waals surface area (Å²) < 4.78 is 0. The number of hydrogen-bond donors (Lipinski definition) is 3. The summed E-state index contributed by atoms with van der Waals surface area (Å²) in [6.45, 7) is 2.29. The summed E-state index contributed by atoms with van der Waals surface area (Å²) in [6, 6.07) is 11.9. The largest absolute Gasteiger partial charge is 0.508 e. The molecule has 19 heavy (non-hydrogen) atoms. The van der Waals surface area contributed by atoms with Gasteiger partial charge in [0.15, 0.2) is 0 Å². The van der Waals surface area contributed by atoms with Crippen molar-refractivity contribution in [2.45, 2.75) is 13.5 Å². The van der Waals surface area contributed by atoms with Gasteiger partial charge < -0.3 is 16.2 Å². The number of aryl methyl sites for hydroxylation is 1. The summed E-state index contributed by atoms with van der Waals surface area (Å²) in [5, 5.41) is 12.0. The number of carbonyl (C=O) groups excluding carboxylic acids is 1. The maximum Gasteiger partial charge on any atom is 0.251 e. The van der Waals surface area contributed by atoms with Crippen molar-refractivity contribution in [3.8, 4) is 5.75 Å². The van der Waals surface area contributed by atoms with E-state index in [-0.39, 0.29) is 11.7 Å². The second-order valence-electron chi connectivity index (χ2n) is 4.42. The van der Waals surface area contributed by atoms with Gasteiger partial charge in [-0.2, -0.15) is 0 Å². The molecule has 0 unspecified atom stereocenters. The van der Waals surface area contributed by atoms with Crippen LogP contribution < -0.4 is 11.1 Å². The van der Waals surface area contributed by atoms with Crippen LogP contribution in [0.25, 0.3) is 0 Å². The molecule has 0 heterocycles. The molecule has 0 fully saturated rings. The van der Waals surface area contributed by atoms with Gasteiger partial charge in [0, 0.05) is 17.8 Å². The van der Waals surface area contributed by atoms with E-state index in [0.29, 0.717) is 17.8 Å².